The van der Waals surface area contributed by atoms with Gasteiger partial charge in [0.25, 0.3) is 5.91 Å². The van der Waals surface area contributed by atoms with Gasteiger partial charge in [0, 0.05) is 23.4 Å². The van der Waals surface area contributed by atoms with Crippen molar-refractivity contribution in [2.75, 3.05) is 17.2 Å². The van der Waals surface area contributed by atoms with Crippen molar-refractivity contribution in [2.45, 2.75) is 31.6 Å². The molecule has 14 heteroatoms. The Morgan fingerprint density at radius 3 is 2.13 bits per heavy atom. The molecule has 0 aliphatic rings. The van der Waals surface area contributed by atoms with E-state index in [-0.39, 0.29) is 23.5 Å². The molecule has 2 aromatic carbocycles. The van der Waals surface area contributed by atoms with Gasteiger partial charge in [-0.25, -0.2) is 9.78 Å². The van der Waals surface area contributed by atoms with Crippen molar-refractivity contribution < 1.29 is 44.7 Å². The number of halogens is 8. The van der Waals surface area contributed by atoms with E-state index in [2.05, 4.69) is 15.6 Å². The molecule has 0 fully saturated rings. The minimum absolute atomic E-state index is 0.0504. The number of alkyl halides is 8. The molecule has 0 atom stereocenters. The summed E-state index contributed by atoms with van der Waals surface area (Å²) in [5, 5.41) is 6.29. The van der Waals surface area contributed by atoms with Crippen LogP contribution in [0, 0.1) is 0 Å². The van der Waals surface area contributed by atoms with Gasteiger partial charge in [-0.15, -0.1) is 0 Å². The van der Waals surface area contributed by atoms with Crippen LogP contribution in [0.25, 0.3) is 11.3 Å². The van der Waals surface area contributed by atoms with Gasteiger partial charge in [-0.05, 0) is 42.8 Å². The molecule has 0 saturated carbocycles. The molecule has 39 heavy (non-hydrogen) atoms. The second-order valence-electron chi connectivity index (χ2n) is 8.15. The molecule has 0 spiro atoms. The number of hydrogen-bond acceptors (Lipinski definition) is 3. The first kappa shape index (κ1) is 29.3. The maximum atomic E-state index is 14.8. The summed E-state index contributed by atoms with van der Waals surface area (Å²) in [6, 6.07) is 7.57. The predicted molar refractivity (Wildman–Crippen MR) is 126 cm³/mol. The average molecular weight is 560 g/mol. The number of nitrogens with one attached hydrogen (secondary N) is 3. The zero-order valence-corrected chi connectivity index (χ0v) is 20.0. The largest absolute Gasteiger partial charge is 0.433 e. The molecule has 3 N–H and O–H groups in total. The topological polar surface area (TPSA) is 83.1 Å². The van der Waals surface area contributed by atoms with Crippen molar-refractivity contribution in [3.05, 3.63) is 77.5 Å². The van der Waals surface area contributed by atoms with Crippen molar-refractivity contribution in [1.29, 1.82) is 0 Å². The number of hydrogen-bond donors (Lipinski definition) is 3. The molecule has 0 unspecified atom stereocenters. The fourth-order valence-corrected chi connectivity index (χ4v) is 3.35. The van der Waals surface area contributed by atoms with Crippen LogP contribution in [0.1, 0.15) is 30.2 Å². The second-order valence-corrected chi connectivity index (χ2v) is 8.15. The van der Waals surface area contributed by atoms with Gasteiger partial charge in [-0.1, -0.05) is 31.2 Å². The minimum atomic E-state index is -4.84. The summed E-state index contributed by atoms with van der Waals surface area (Å²) < 4.78 is 108. The van der Waals surface area contributed by atoms with Gasteiger partial charge in [0.1, 0.15) is 5.69 Å². The third-order valence-electron chi connectivity index (χ3n) is 5.21. The number of pyridine rings is 1. The number of benzene rings is 2. The van der Waals surface area contributed by atoms with Crippen molar-refractivity contribution in [2.24, 2.45) is 0 Å². The van der Waals surface area contributed by atoms with Crippen LogP contribution in [-0.2, 0) is 23.1 Å². The molecule has 0 aliphatic carbocycles. The fourth-order valence-electron chi connectivity index (χ4n) is 3.35. The van der Waals surface area contributed by atoms with E-state index in [9.17, 15) is 44.7 Å². The highest BCUT2D eigenvalue weighted by molar-refractivity contribution is 6.02. The molecule has 3 aromatic rings. The summed E-state index contributed by atoms with van der Waals surface area (Å²) in [7, 11) is 0. The van der Waals surface area contributed by atoms with Gasteiger partial charge in [0.05, 0.1) is 16.9 Å². The lowest BCUT2D eigenvalue weighted by Gasteiger charge is -2.19. The maximum Gasteiger partial charge on any atom is 0.433 e. The first-order valence-electron chi connectivity index (χ1n) is 11.2. The molecule has 0 bridgehead atoms. The molecule has 208 valence electrons. The molecular formula is C25H20F8N4O2. The van der Waals surface area contributed by atoms with Crippen LogP contribution in [0.3, 0.4) is 0 Å². The Bertz CT molecular complexity index is 1360. The van der Waals surface area contributed by atoms with E-state index in [1.54, 1.807) is 6.92 Å². The first-order valence-corrected chi connectivity index (χ1v) is 11.2. The summed E-state index contributed by atoms with van der Waals surface area (Å²) in [4.78, 5) is 28.1. The number of urea groups is 1. The van der Waals surface area contributed by atoms with Crippen LogP contribution in [0.5, 0.6) is 0 Å². The lowest BCUT2D eigenvalue weighted by atomic mass is 10.0. The Hall–Kier alpha value is -4.23. The standard InChI is InChI=1S/C25H20F8N4O2/c1-2-11-34-21(38)23(26,27)14-9-10-17(18-7-4-8-20(36-18)25(31,32)33)19(13-14)37-22(39)35-16-6-3-5-15(12-16)24(28,29)30/h3-10,12-13H,2,11H2,1H3,(H,34,38)(H2,35,37,39). The van der Waals surface area contributed by atoms with Crippen LogP contribution >= 0.6 is 0 Å². The maximum absolute atomic E-state index is 14.8. The summed E-state index contributed by atoms with van der Waals surface area (Å²) in [6.07, 6.45) is -9.19. The molecular weight excluding hydrogens is 540 g/mol. The number of carbonyl (C=O) groups excluding carboxylic acids is 2. The normalized spacial score (nSPS) is 12.1. The molecule has 6 nitrogen and oxygen atoms in total. The van der Waals surface area contributed by atoms with E-state index >= 15 is 0 Å². The summed E-state index contributed by atoms with van der Waals surface area (Å²) in [6.45, 7) is 1.59. The van der Waals surface area contributed by atoms with E-state index < -0.39 is 52.7 Å². The number of carbonyl (C=O) groups is 2. The smallest absolute Gasteiger partial charge is 0.351 e. The monoisotopic (exact) mass is 560 g/mol. The minimum Gasteiger partial charge on any atom is -0.351 e. The average Bonchev–Trinajstić information content (AvgIpc) is 2.86. The summed E-state index contributed by atoms with van der Waals surface area (Å²) in [5.41, 5.74) is -4.64. The van der Waals surface area contributed by atoms with E-state index in [4.69, 9.17) is 0 Å². The van der Waals surface area contributed by atoms with Crippen molar-refractivity contribution in [3.8, 4) is 11.3 Å². The van der Waals surface area contributed by atoms with Gasteiger partial charge in [0.2, 0.25) is 0 Å². The highest BCUT2D eigenvalue weighted by atomic mass is 19.4. The molecule has 0 aliphatic heterocycles. The van der Waals surface area contributed by atoms with Crippen molar-refractivity contribution in [1.82, 2.24) is 10.3 Å². The molecule has 0 saturated heterocycles. The summed E-state index contributed by atoms with van der Waals surface area (Å²) >= 11 is 0. The Morgan fingerprint density at radius 2 is 1.49 bits per heavy atom. The quantitative estimate of drug-likeness (QED) is 0.271. The third-order valence-corrected chi connectivity index (χ3v) is 5.21. The Morgan fingerprint density at radius 1 is 0.795 bits per heavy atom. The molecule has 1 aromatic heterocycles. The first-order chi connectivity index (χ1) is 18.1. The van der Waals surface area contributed by atoms with E-state index in [0.717, 1.165) is 42.5 Å². The predicted octanol–water partition coefficient (Wildman–Crippen LogP) is 7.05. The lowest BCUT2D eigenvalue weighted by Crippen LogP contribution is -2.38. The lowest BCUT2D eigenvalue weighted by molar-refractivity contribution is -0.147. The third kappa shape index (κ3) is 7.21. The zero-order valence-electron chi connectivity index (χ0n) is 20.0. The zero-order chi connectivity index (χ0) is 29.0. The van der Waals surface area contributed by atoms with Gasteiger partial charge < -0.3 is 16.0 Å². The van der Waals surface area contributed by atoms with Crippen molar-refractivity contribution >= 4 is 23.3 Å². The second kappa shape index (κ2) is 11.3. The van der Waals surface area contributed by atoms with Crippen molar-refractivity contribution in [3.63, 3.8) is 0 Å². The van der Waals surface area contributed by atoms with Crippen LogP contribution in [-0.4, -0.2) is 23.5 Å². The number of rotatable bonds is 7. The molecule has 0 radical (unpaired) electrons. The summed E-state index contributed by atoms with van der Waals surface area (Å²) in [5.74, 6) is -5.74. The van der Waals surface area contributed by atoms with Gasteiger partial charge in [-0.2, -0.15) is 35.1 Å². The molecule has 3 amide bonds. The Labute approximate surface area is 216 Å². The number of aromatic nitrogens is 1. The number of amides is 3. The highest BCUT2D eigenvalue weighted by Crippen LogP contribution is 2.37. The van der Waals surface area contributed by atoms with E-state index in [1.807, 2.05) is 5.32 Å². The van der Waals surface area contributed by atoms with E-state index in [1.165, 1.54) is 0 Å². The Kier molecular flexibility index (Phi) is 8.46. The van der Waals surface area contributed by atoms with Crippen LogP contribution in [0.4, 0.5) is 51.3 Å². The van der Waals surface area contributed by atoms with Crippen LogP contribution in [0.15, 0.2) is 60.7 Å². The number of nitrogens with zero attached hydrogens (tertiary/aromatic N) is 1. The van der Waals surface area contributed by atoms with Gasteiger partial charge >= 0.3 is 24.3 Å². The highest BCUT2D eigenvalue weighted by Gasteiger charge is 2.41. The molecule has 1 heterocycles. The number of anilines is 2. The van der Waals surface area contributed by atoms with Crippen LogP contribution in [0.2, 0.25) is 0 Å². The fraction of sp³-hybridized carbons (Fsp3) is 0.240. The SMILES string of the molecule is CCCNC(=O)C(F)(F)c1ccc(-c2cccc(C(F)(F)F)n2)c(NC(=O)Nc2cccc(C(F)(F)F)c2)c1. The van der Waals surface area contributed by atoms with Gasteiger partial charge in [-0.3, -0.25) is 4.79 Å². The Balaban J connectivity index is 2.02. The van der Waals surface area contributed by atoms with Crippen LogP contribution < -0.4 is 16.0 Å². The van der Waals surface area contributed by atoms with Gasteiger partial charge in [0.15, 0.2) is 0 Å². The van der Waals surface area contributed by atoms with E-state index in [0.29, 0.717) is 24.6 Å². The molecule has 3 rings (SSSR count).